The predicted octanol–water partition coefficient (Wildman–Crippen LogP) is 3.32. The molecule has 1 aromatic heterocycles. The van der Waals surface area contributed by atoms with Crippen molar-refractivity contribution in [1.82, 2.24) is 10.3 Å². The van der Waals surface area contributed by atoms with Gasteiger partial charge in [0.05, 0.1) is 5.56 Å². The van der Waals surface area contributed by atoms with Crippen LogP contribution in [-0.2, 0) is 16.1 Å². The monoisotopic (exact) mass is 375 g/mol. The van der Waals surface area contributed by atoms with Crippen LogP contribution in [0.15, 0.2) is 48.5 Å². The molecule has 6 nitrogen and oxygen atoms in total. The third-order valence-corrected chi connectivity index (χ3v) is 4.92. The summed E-state index contributed by atoms with van der Waals surface area (Å²) in [4.78, 5) is 40.1. The summed E-state index contributed by atoms with van der Waals surface area (Å²) in [5.41, 5.74) is 3.41. The lowest BCUT2D eigenvalue weighted by molar-refractivity contribution is -0.118. The molecular formula is C22H21N3O3. The predicted molar refractivity (Wildman–Crippen MR) is 107 cm³/mol. The maximum atomic E-state index is 12.7. The molecule has 1 heterocycles. The molecule has 3 N–H and O–H groups in total. The summed E-state index contributed by atoms with van der Waals surface area (Å²) in [6.07, 6.45) is 1.88. The topological polar surface area (TPSA) is 91.1 Å². The molecule has 142 valence electrons. The zero-order chi connectivity index (χ0) is 19.7. The lowest BCUT2D eigenvalue weighted by Crippen LogP contribution is -2.30. The second-order valence-corrected chi connectivity index (χ2v) is 7.15. The Hall–Kier alpha value is -3.41. The molecule has 1 saturated carbocycles. The first-order valence-corrected chi connectivity index (χ1v) is 9.32. The zero-order valence-corrected chi connectivity index (χ0v) is 15.5. The minimum atomic E-state index is -0.653. The van der Waals surface area contributed by atoms with Gasteiger partial charge in [-0.3, -0.25) is 14.4 Å². The van der Waals surface area contributed by atoms with Crippen molar-refractivity contribution < 1.29 is 14.4 Å². The van der Waals surface area contributed by atoms with Crippen molar-refractivity contribution in [3.8, 4) is 0 Å². The van der Waals surface area contributed by atoms with Crippen molar-refractivity contribution in [1.29, 1.82) is 0 Å². The summed E-state index contributed by atoms with van der Waals surface area (Å²) < 4.78 is 0. The van der Waals surface area contributed by atoms with Gasteiger partial charge in [-0.05, 0) is 43.5 Å². The van der Waals surface area contributed by atoms with Gasteiger partial charge in [-0.15, -0.1) is 0 Å². The second-order valence-electron chi connectivity index (χ2n) is 7.15. The number of aromatic nitrogens is 1. The van der Waals surface area contributed by atoms with Gasteiger partial charge >= 0.3 is 0 Å². The van der Waals surface area contributed by atoms with E-state index in [-0.39, 0.29) is 18.4 Å². The minimum Gasteiger partial charge on any atom is -0.358 e. The van der Waals surface area contributed by atoms with E-state index >= 15 is 0 Å². The van der Waals surface area contributed by atoms with Crippen LogP contribution in [0.2, 0.25) is 0 Å². The number of fused-ring (bicyclic) bond motifs is 1. The molecule has 0 unspecified atom stereocenters. The Bertz CT molecular complexity index is 1080. The molecule has 0 atom stereocenters. The summed E-state index contributed by atoms with van der Waals surface area (Å²) in [5.74, 6) is -1.06. The maximum absolute atomic E-state index is 12.7. The van der Waals surface area contributed by atoms with Crippen LogP contribution in [0.5, 0.6) is 0 Å². The fourth-order valence-corrected chi connectivity index (χ4v) is 3.29. The quantitative estimate of drug-likeness (QED) is 0.456. The van der Waals surface area contributed by atoms with Gasteiger partial charge in [0.25, 0.3) is 11.7 Å². The molecule has 0 saturated heterocycles. The van der Waals surface area contributed by atoms with Gasteiger partial charge in [0.15, 0.2) is 0 Å². The molecule has 1 fully saturated rings. The van der Waals surface area contributed by atoms with Crippen molar-refractivity contribution in [2.75, 3.05) is 5.32 Å². The van der Waals surface area contributed by atoms with Crippen LogP contribution >= 0.6 is 0 Å². The molecule has 0 bridgehead atoms. The summed E-state index contributed by atoms with van der Waals surface area (Å²) in [5, 5.41) is 6.30. The normalized spacial score (nSPS) is 13.3. The van der Waals surface area contributed by atoms with Crippen LogP contribution in [0.1, 0.15) is 34.5 Å². The lowest BCUT2D eigenvalue weighted by Gasteiger charge is -2.08. The standard InChI is InChI=1S/C22H21N3O3/c1-13-19(17-7-2-3-8-18(17)24-13)20(26)22(28)23-12-14-5-4-6-16(11-14)25-21(27)15-9-10-15/h2-8,11,15,24H,9-10,12H2,1H3,(H,23,28)(H,25,27). The Kier molecular flexibility index (Phi) is 4.69. The molecule has 1 aliphatic rings. The van der Waals surface area contributed by atoms with Crippen LogP contribution in [0.3, 0.4) is 0 Å². The number of H-pyrrole nitrogens is 1. The Morgan fingerprint density at radius 3 is 2.64 bits per heavy atom. The van der Waals surface area contributed by atoms with Gasteiger partial charge in [-0.2, -0.15) is 0 Å². The zero-order valence-electron chi connectivity index (χ0n) is 15.5. The van der Waals surface area contributed by atoms with E-state index in [2.05, 4.69) is 15.6 Å². The number of carbonyl (C=O) groups excluding carboxylic acids is 3. The van der Waals surface area contributed by atoms with E-state index in [0.29, 0.717) is 16.9 Å². The highest BCUT2D eigenvalue weighted by molar-refractivity contribution is 6.45. The average Bonchev–Trinajstić information content (AvgIpc) is 3.48. The number of Topliss-reactive ketones (excluding diaryl/α,β-unsaturated/α-hetero) is 1. The number of nitrogens with one attached hydrogen (secondary N) is 3. The van der Waals surface area contributed by atoms with Gasteiger partial charge in [0, 0.05) is 34.7 Å². The molecule has 28 heavy (non-hydrogen) atoms. The van der Waals surface area contributed by atoms with E-state index in [1.165, 1.54) is 0 Å². The largest absolute Gasteiger partial charge is 0.358 e. The van der Waals surface area contributed by atoms with E-state index in [1.54, 1.807) is 6.92 Å². The molecule has 4 rings (SSSR count). The van der Waals surface area contributed by atoms with Crippen molar-refractivity contribution in [2.45, 2.75) is 26.3 Å². The van der Waals surface area contributed by atoms with Crippen LogP contribution in [-0.4, -0.2) is 22.6 Å². The highest BCUT2D eigenvalue weighted by Gasteiger charge is 2.29. The molecule has 6 heteroatoms. The molecule has 2 amide bonds. The van der Waals surface area contributed by atoms with Crippen molar-refractivity contribution in [3.05, 3.63) is 65.4 Å². The number of amides is 2. The van der Waals surface area contributed by atoms with E-state index in [4.69, 9.17) is 0 Å². The van der Waals surface area contributed by atoms with E-state index in [1.807, 2.05) is 48.5 Å². The van der Waals surface area contributed by atoms with Gasteiger partial charge < -0.3 is 15.6 Å². The fraction of sp³-hybridized carbons (Fsp3) is 0.227. The number of para-hydroxylation sites is 1. The molecule has 3 aromatic rings. The Balaban J connectivity index is 1.43. The molecule has 0 aliphatic heterocycles. The smallest absolute Gasteiger partial charge is 0.292 e. The number of carbonyl (C=O) groups is 3. The summed E-state index contributed by atoms with van der Waals surface area (Å²) >= 11 is 0. The summed E-state index contributed by atoms with van der Waals surface area (Å²) in [6, 6.07) is 14.7. The van der Waals surface area contributed by atoms with Crippen molar-refractivity contribution >= 4 is 34.2 Å². The number of anilines is 1. The highest BCUT2D eigenvalue weighted by atomic mass is 16.2. The molecule has 2 aromatic carbocycles. The van der Waals surface area contributed by atoms with E-state index < -0.39 is 11.7 Å². The SMILES string of the molecule is Cc1[nH]c2ccccc2c1C(=O)C(=O)NCc1cccc(NC(=O)C2CC2)c1. The maximum Gasteiger partial charge on any atom is 0.292 e. The first kappa shape index (κ1) is 18.0. The molecular weight excluding hydrogens is 354 g/mol. The van der Waals surface area contributed by atoms with E-state index in [9.17, 15) is 14.4 Å². The van der Waals surface area contributed by atoms with Crippen LogP contribution in [0.4, 0.5) is 5.69 Å². The first-order valence-electron chi connectivity index (χ1n) is 9.32. The Labute approximate surface area is 162 Å². The third-order valence-electron chi connectivity index (χ3n) is 4.92. The van der Waals surface area contributed by atoms with Crippen LogP contribution in [0, 0.1) is 12.8 Å². The third kappa shape index (κ3) is 3.67. The van der Waals surface area contributed by atoms with Crippen LogP contribution in [0.25, 0.3) is 10.9 Å². The minimum absolute atomic E-state index is 0.0335. The number of aryl methyl sites for hydroxylation is 1. The summed E-state index contributed by atoms with van der Waals surface area (Å²) in [6.45, 7) is 1.99. The van der Waals surface area contributed by atoms with Gasteiger partial charge in [0.2, 0.25) is 5.91 Å². The highest BCUT2D eigenvalue weighted by Crippen LogP contribution is 2.30. The fourth-order valence-electron chi connectivity index (χ4n) is 3.29. The number of benzene rings is 2. The lowest BCUT2D eigenvalue weighted by atomic mass is 10.1. The first-order chi connectivity index (χ1) is 13.5. The number of ketones is 1. The van der Waals surface area contributed by atoms with Crippen molar-refractivity contribution in [2.24, 2.45) is 5.92 Å². The van der Waals surface area contributed by atoms with Gasteiger partial charge in [0.1, 0.15) is 0 Å². The van der Waals surface area contributed by atoms with Gasteiger partial charge in [-0.25, -0.2) is 0 Å². The Morgan fingerprint density at radius 2 is 1.86 bits per heavy atom. The molecule has 0 radical (unpaired) electrons. The van der Waals surface area contributed by atoms with E-state index in [0.717, 1.165) is 29.3 Å². The molecule has 1 aliphatic carbocycles. The second kappa shape index (κ2) is 7.31. The van der Waals surface area contributed by atoms with Crippen molar-refractivity contribution in [3.63, 3.8) is 0 Å². The Morgan fingerprint density at radius 1 is 1.07 bits per heavy atom. The number of rotatable bonds is 6. The van der Waals surface area contributed by atoms with Crippen LogP contribution < -0.4 is 10.6 Å². The van der Waals surface area contributed by atoms with Gasteiger partial charge in [-0.1, -0.05) is 30.3 Å². The summed E-state index contributed by atoms with van der Waals surface area (Å²) in [7, 11) is 0. The number of hydrogen-bond acceptors (Lipinski definition) is 3. The number of aromatic amines is 1. The molecule has 0 spiro atoms. The average molecular weight is 375 g/mol. The number of hydrogen-bond donors (Lipinski definition) is 3.